The van der Waals surface area contributed by atoms with Crippen LogP contribution in [0.5, 0.6) is 0 Å². The number of benzene rings is 1. The van der Waals surface area contributed by atoms with E-state index in [-0.39, 0.29) is 24.8 Å². The Morgan fingerprint density at radius 3 is 2.33 bits per heavy atom. The lowest BCUT2D eigenvalue weighted by Crippen LogP contribution is -2.37. The third-order valence-corrected chi connectivity index (χ3v) is 3.37. The van der Waals surface area contributed by atoms with Gasteiger partial charge in [-0.25, -0.2) is 4.79 Å². The smallest absolute Gasteiger partial charge is 0.407 e. The SMILES string of the molecule is Cc1ccccc1/C=C/C(=O)NCCNC(=O)CCNC(=O)OC(C)(C)C. The minimum atomic E-state index is -0.571. The molecule has 0 radical (unpaired) electrons. The van der Waals surface area contributed by atoms with E-state index in [0.29, 0.717) is 13.1 Å². The molecule has 0 bridgehead atoms. The van der Waals surface area contributed by atoms with E-state index in [9.17, 15) is 14.4 Å². The monoisotopic (exact) mass is 375 g/mol. The van der Waals surface area contributed by atoms with Gasteiger partial charge in [0, 0.05) is 32.1 Å². The first kappa shape index (κ1) is 22.2. The molecule has 0 spiro atoms. The maximum Gasteiger partial charge on any atom is 0.407 e. The first-order valence-corrected chi connectivity index (χ1v) is 8.92. The van der Waals surface area contributed by atoms with Gasteiger partial charge in [-0.3, -0.25) is 9.59 Å². The van der Waals surface area contributed by atoms with E-state index in [1.54, 1.807) is 26.8 Å². The van der Waals surface area contributed by atoms with E-state index < -0.39 is 11.7 Å². The second kappa shape index (κ2) is 11.0. The van der Waals surface area contributed by atoms with Crippen LogP contribution in [0.3, 0.4) is 0 Å². The maximum atomic E-state index is 11.8. The topological polar surface area (TPSA) is 96.5 Å². The zero-order valence-electron chi connectivity index (χ0n) is 16.4. The molecule has 0 fully saturated rings. The molecule has 7 heteroatoms. The van der Waals surface area contributed by atoms with Crippen LogP contribution in [0.1, 0.15) is 38.3 Å². The molecule has 0 saturated heterocycles. The van der Waals surface area contributed by atoms with E-state index in [1.807, 2.05) is 31.2 Å². The number of amides is 3. The Morgan fingerprint density at radius 1 is 1.00 bits per heavy atom. The molecule has 0 aromatic heterocycles. The lowest BCUT2D eigenvalue weighted by molar-refractivity contribution is -0.121. The van der Waals surface area contributed by atoms with Gasteiger partial charge in [-0.1, -0.05) is 24.3 Å². The van der Waals surface area contributed by atoms with Crippen LogP contribution in [-0.4, -0.2) is 43.1 Å². The molecule has 148 valence electrons. The van der Waals surface area contributed by atoms with Gasteiger partial charge < -0.3 is 20.7 Å². The number of nitrogens with one attached hydrogen (secondary N) is 3. The fourth-order valence-corrected chi connectivity index (χ4v) is 2.07. The molecule has 0 unspecified atom stereocenters. The zero-order chi connectivity index (χ0) is 20.3. The number of alkyl carbamates (subject to hydrolysis) is 1. The van der Waals surface area contributed by atoms with Crippen LogP contribution < -0.4 is 16.0 Å². The summed E-state index contributed by atoms with van der Waals surface area (Å²) in [5, 5.41) is 7.89. The minimum Gasteiger partial charge on any atom is -0.444 e. The Morgan fingerprint density at radius 2 is 1.67 bits per heavy atom. The van der Waals surface area contributed by atoms with Crippen molar-refractivity contribution in [3.8, 4) is 0 Å². The average Bonchev–Trinajstić information content (AvgIpc) is 2.56. The Kier molecular flexibility index (Phi) is 9.05. The summed E-state index contributed by atoms with van der Waals surface area (Å²) in [6, 6.07) is 7.77. The average molecular weight is 375 g/mol. The van der Waals surface area contributed by atoms with Crippen LogP contribution in [0.4, 0.5) is 4.79 Å². The summed E-state index contributed by atoms with van der Waals surface area (Å²) in [6.07, 6.45) is 2.81. The zero-order valence-corrected chi connectivity index (χ0v) is 16.4. The van der Waals surface area contributed by atoms with Crippen molar-refractivity contribution in [3.05, 3.63) is 41.5 Å². The summed E-state index contributed by atoms with van der Waals surface area (Å²) in [6.45, 7) is 8.10. The third kappa shape index (κ3) is 10.7. The van der Waals surface area contributed by atoms with Gasteiger partial charge in [0.1, 0.15) is 5.60 Å². The maximum absolute atomic E-state index is 11.8. The van der Waals surface area contributed by atoms with Gasteiger partial charge in [0.25, 0.3) is 0 Å². The highest BCUT2D eigenvalue weighted by Crippen LogP contribution is 2.08. The molecule has 0 aliphatic heterocycles. The van der Waals surface area contributed by atoms with Crippen molar-refractivity contribution in [1.82, 2.24) is 16.0 Å². The van der Waals surface area contributed by atoms with Gasteiger partial charge in [-0.2, -0.15) is 0 Å². The van der Waals surface area contributed by atoms with E-state index in [1.165, 1.54) is 6.08 Å². The van der Waals surface area contributed by atoms with Crippen molar-refractivity contribution in [3.63, 3.8) is 0 Å². The van der Waals surface area contributed by atoms with Gasteiger partial charge in [0.05, 0.1) is 0 Å². The normalized spacial score (nSPS) is 11.1. The Hall–Kier alpha value is -2.83. The predicted molar refractivity (Wildman–Crippen MR) is 105 cm³/mol. The molecule has 27 heavy (non-hydrogen) atoms. The van der Waals surface area contributed by atoms with Crippen molar-refractivity contribution in [1.29, 1.82) is 0 Å². The summed E-state index contributed by atoms with van der Waals surface area (Å²) in [7, 11) is 0. The molecule has 7 nitrogen and oxygen atoms in total. The summed E-state index contributed by atoms with van der Waals surface area (Å²) >= 11 is 0. The van der Waals surface area contributed by atoms with Crippen molar-refractivity contribution >= 4 is 24.0 Å². The number of aryl methyl sites for hydroxylation is 1. The van der Waals surface area contributed by atoms with Gasteiger partial charge in [-0.05, 0) is 44.9 Å². The molecule has 1 rings (SSSR count). The molecule has 3 N–H and O–H groups in total. The molecule has 0 aliphatic carbocycles. The Balaban J connectivity index is 2.15. The van der Waals surface area contributed by atoms with Crippen LogP contribution >= 0.6 is 0 Å². The third-order valence-electron chi connectivity index (χ3n) is 3.37. The van der Waals surface area contributed by atoms with Crippen molar-refractivity contribution in [2.24, 2.45) is 0 Å². The molecule has 1 aromatic carbocycles. The molecule has 0 heterocycles. The van der Waals surface area contributed by atoms with E-state index in [0.717, 1.165) is 11.1 Å². The summed E-state index contributed by atoms with van der Waals surface area (Å²) in [5.74, 6) is -0.435. The quantitative estimate of drug-likeness (QED) is 0.479. The first-order valence-electron chi connectivity index (χ1n) is 8.92. The molecule has 0 aliphatic rings. The highest BCUT2D eigenvalue weighted by atomic mass is 16.6. The molecule has 0 saturated carbocycles. The van der Waals surface area contributed by atoms with Crippen molar-refractivity contribution < 1.29 is 19.1 Å². The second-order valence-electron chi connectivity index (χ2n) is 7.01. The fourth-order valence-electron chi connectivity index (χ4n) is 2.07. The number of hydrogen-bond donors (Lipinski definition) is 3. The van der Waals surface area contributed by atoms with Crippen molar-refractivity contribution in [2.45, 2.75) is 39.7 Å². The summed E-state index contributed by atoms with van der Waals surface area (Å²) < 4.78 is 5.07. The van der Waals surface area contributed by atoms with Gasteiger partial charge in [0.2, 0.25) is 11.8 Å². The molecule has 3 amide bonds. The number of ether oxygens (including phenoxy) is 1. The van der Waals surface area contributed by atoms with E-state index >= 15 is 0 Å². The van der Waals surface area contributed by atoms with Gasteiger partial charge in [0.15, 0.2) is 0 Å². The van der Waals surface area contributed by atoms with Crippen LogP contribution in [0.15, 0.2) is 30.3 Å². The second-order valence-corrected chi connectivity index (χ2v) is 7.01. The highest BCUT2D eigenvalue weighted by molar-refractivity contribution is 5.91. The first-order chi connectivity index (χ1) is 12.7. The Labute approximate surface area is 160 Å². The van der Waals surface area contributed by atoms with Crippen LogP contribution in [0.2, 0.25) is 0 Å². The predicted octanol–water partition coefficient (Wildman–Crippen LogP) is 2.16. The van der Waals surface area contributed by atoms with Gasteiger partial charge >= 0.3 is 6.09 Å². The molecule has 0 atom stereocenters. The highest BCUT2D eigenvalue weighted by Gasteiger charge is 2.15. The number of hydrogen-bond acceptors (Lipinski definition) is 4. The number of carbonyl (C=O) groups is 3. The van der Waals surface area contributed by atoms with Gasteiger partial charge in [-0.15, -0.1) is 0 Å². The molecule has 1 aromatic rings. The lowest BCUT2D eigenvalue weighted by Gasteiger charge is -2.19. The van der Waals surface area contributed by atoms with Crippen molar-refractivity contribution in [2.75, 3.05) is 19.6 Å². The minimum absolute atomic E-state index is 0.139. The van der Waals surface area contributed by atoms with Crippen LogP contribution in [0, 0.1) is 6.92 Å². The fraction of sp³-hybridized carbons (Fsp3) is 0.450. The van der Waals surface area contributed by atoms with Crippen LogP contribution in [0.25, 0.3) is 6.08 Å². The summed E-state index contributed by atoms with van der Waals surface area (Å²) in [4.78, 5) is 34.9. The summed E-state index contributed by atoms with van der Waals surface area (Å²) in [5.41, 5.74) is 1.50. The van der Waals surface area contributed by atoms with E-state index in [2.05, 4.69) is 16.0 Å². The number of rotatable bonds is 8. The Bertz CT molecular complexity index is 678. The molecular formula is C20H29N3O4. The van der Waals surface area contributed by atoms with Crippen LogP contribution in [-0.2, 0) is 14.3 Å². The lowest BCUT2D eigenvalue weighted by atomic mass is 10.1. The standard InChI is InChI=1S/C20H29N3O4/c1-15-7-5-6-8-16(15)9-10-17(24)21-13-14-22-18(25)11-12-23-19(26)27-20(2,3)4/h5-10H,11-14H2,1-4H3,(H,21,24)(H,22,25)(H,23,26)/b10-9+. The molecular weight excluding hydrogens is 346 g/mol. The van der Waals surface area contributed by atoms with E-state index in [4.69, 9.17) is 4.74 Å². The number of carbonyl (C=O) groups excluding carboxylic acids is 3. The largest absolute Gasteiger partial charge is 0.444 e.